The van der Waals surface area contributed by atoms with Crippen LogP contribution in [0, 0.1) is 6.92 Å². The Hall–Kier alpha value is -4.93. The predicted molar refractivity (Wildman–Crippen MR) is 148 cm³/mol. The van der Waals surface area contributed by atoms with Gasteiger partial charge in [0.2, 0.25) is 11.5 Å². The fraction of sp³-hybridized carbons (Fsp3) is 0.250. The van der Waals surface area contributed by atoms with Crippen molar-refractivity contribution in [3.63, 3.8) is 0 Å². The molecule has 0 aliphatic carbocycles. The summed E-state index contributed by atoms with van der Waals surface area (Å²) in [5.41, 5.74) is 9.87. The van der Waals surface area contributed by atoms with Crippen molar-refractivity contribution >= 4 is 23.0 Å². The van der Waals surface area contributed by atoms with Gasteiger partial charge in [-0.2, -0.15) is 10.2 Å². The van der Waals surface area contributed by atoms with Crippen LogP contribution < -0.4 is 39.3 Å². The number of hydrogen-bond acceptors (Lipinski definition) is 10. The highest BCUT2D eigenvalue weighted by atomic mass is 16.5. The number of aryl methyl sites for hydroxylation is 1. The summed E-state index contributed by atoms with van der Waals surface area (Å²) in [5, 5.41) is 8.56. The van der Waals surface area contributed by atoms with Crippen molar-refractivity contribution in [2.75, 3.05) is 48.1 Å². The number of benzene rings is 3. The van der Waals surface area contributed by atoms with E-state index in [1.165, 1.54) is 21.3 Å². The first-order valence-corrected chi connectivity index (χ1v) is 11.8. The van der Waals surface area contributed by atoms with Gasteiger partial charge in [-0.3, -0.25) is 10.2 Å². The normalized spacial score (nSPS) is 13.5. The van der Waals surface area contributed by atoms with E-state index in [2.05, 4.69) is 21.1 Å². The van der Waals surface area contributed by atoms with Crippen LogP contribution in [-0.4, -0.2) is 60.0 Å². The molecule has 0 atom stereocenters. The molecule has 0 saturated carbocycles. The molecule has 0 unspecified atom stereocenters. The Morgan fingerprint density at radius 2 is 1.23 bits per heavy atom. The Kier molecular flexibility index (Phi) is 8.09. The summed E-state index contributed by atoms with van der Waals surface area (Å²) in [6.07, 6.45) is 0. The van der Waals surface area contributed by atoms with Crippen molar-refractivity contribution in [2.24, 2.45) is 10.2 Å². The Balaban J connectivity index is 1.69. The van der Waals surface area contributed by atoms with Gasteiger partial charge in [0.1, 0.15) is 5.71 Å². The number of nitrogens with zero attached hydrogens (tertiary/aromatic N) is 2. The van der Waals surface area contributed by atoms with Crippen LogP contribution in [0.15, 0.2) is 52.7 Å². The van der Waals surface area contributed by atoms with E-state index in [9.17, 15) is 4.79 Å². The number of hydrogen-bond donors (Lipinski definition) is 2. The van der Waals surface area contributed by atoms with E-state index in [4.69, 9.17) is 28.4 Å². The van der Waals surface area contributed by atoms with Crippen LogP contribution in [0.1, 0.15) is 11.1 Å². The molecule has 1 amide bonds. The Morgan fingerprint density at radius 1 is 0.718 bits per heavy atom. The molecule has 0 aromatic heterocycles. The van der Waals surface area contributed by atoms with Crippen LogP contribution in [0.3, 0.4) is 0 Å². The minimum atomic E-state index is -0.455. The van der Waals surface area contributed by atoms with Gasteiger partial charge in [0.15, 0.2) is 28.7 Å². The summed E-state index contributed by atoms with van der Waals surface area (Å²) in [7, 11) is 9.25. The van der Waals surface area contributed by atoms with Gasteiger partial charge in [0, 0.05) is 5.56 Å². The molecule has 1 aliphatic heterocycles. The van der Waals surface area contributed by atoms with E-state index in [0.717, 1.165) is 16.7 Å². The molecule has 1 heterocycles. The van der Waals surface area contributed by atoms with E-state index in [0.29, 0.717) is 51.5 Å². The number of hydrazone groups is 2. The number of carbonyl (C=O) groups excluding carboxylic acids is 1. The number of nitrogens with one attached hydrogen (secondary N) is 2. The Labute approximate surface area is 226 Å². The zero-order valence-electron chi connectivity index (χ0n) is 22.8. The van der Waals surface area contributed by atoms with E-state index in [1.54, 1.807) is 33.5 Å². The third-order valence-electron chi connectivity index (χ3n) is 6.16. The van der Waals surface area contributed by atoms with Crippen molar-refractivity contribution < 1.29 is 33.2 Å². The molecule has 0 bridgehead atoms. The number of ether oxygens (including phenoxy) is 6. The van der Waals surface area contributed by atoms with E-state index >= 15 is 0 Å². The molecule has 204 valence electrons. The molecule has 1 aliphatic rings. The SMILES string of the molecule is COc1cc(C2=NNC(=O)/C2=N/Nc2ccc(C)c(-c3cc(OC)c(OC)c(OC)c3)c2)cc(OC)c1OC. The highest BCUT2D eigenvalue weighted by molar-refractivity contribution is 6.72. The van der Waals surface area contributed by atoms with Gasteiger partial charge >= 0.3 is 0 Å². The lowest BCUT2D eigenvalue weighted by molar-refractivity contribution is -0.114. The second-order valence-electron chi connectivity index (χ2n) is 8.33. The standard InChI is InChI=1S/C28H30N4O7/c1-15-8-9-18(14-19(15)16-10-20(34-2)26(38-6)21(11-16)35-3)29-31-25-24(30-32-28(25)33)17-12-22(36-4)27(39-7)23(13-17)37-5/h8-14,29H,1-7H3,(H,31,32,33). The van der Waals surface area contributed by atoms with Gasteiger partial charge in [-0.25, -0.2) is 5.43 Å². The van der Waals surface area contributed by atoms with Crippen molar-refractivity contribution in [3.8, 4) is 45.6 Å². The number of rotatable bonds is 10. The van der Waals surface area contributed by atoms with E-state index in [-0.39, 0.29) is 5.71 Å². The molecule has 3 aromatic rings. The van der Waals surface area contributed by atoms with Crippen LogP contribution in [0.5, 0.6) is 34.5 Å². The number of methoxy groups -OCH3 is 6. The summed E-state index contributed by atoms with van der Waals surface area (Å²) >= 11 is 0. The summed E-state index contributed by atoms with van der Waals surface area (Å²) in [6.45, 7) is 1.99. The minimum absolute atomic E-state index is 0.0965. The molecule has 3 aromatic carbocycles. The molecule has 11 nitrogen and oxygen atoms in total. The highest BCUT2D eigenvalue weighted by Gasteiger charge is 2.28. The fourth-order valence-electron chi connectivity index (χ4n) is 4.20. The van der Waals surface area contributed by atoms with Crippen LogP contribution in [0.25, 0.3) is 11.1 Å². The molecule has 11 heteroatoms. The summed E-state index contributed by atoms with van der Waals surface area (Å²) in [5.74, 6) is 2.41. The van der Waals surface area contributed by atoms with Gasteiger partial charge in [-0.05, 0) is 60.0 Å². The first kappa shape index (κ1) is 27.1. The fourth-order valence-corrected chi connectivity index (χ4v) is 4.20. The van der Waals surface area contributed by atoms with Crippen LogP contribution in [0.4, 0.5) is 5.69 Å². The van der Waals surface area contributed by atoms with Crippen LogP contribution in [0.2, 0.25) is 0 Å². The van der Waals surface area contributed by atoms with Crippen LogP contribution in [-0.2, 0) is 4.79 Å². The highest BCUT2D eigenvalue weighted by Crippen LogP contribution is 2.42. The predicted octanol–water partition coefficient (Wildman–Crippen LogP) is 4.02. The zero-order chi connectivity index (χ0) is 28.1. The molecule has 4 rings (SSSR count). The third-order valence-corrected chi connectivity index (χ3v) is 6.16. The monoisotopic (exact) mass is 534 g/mol. The average molecular weight is 535 g/mol. The molecule has 0 spiro atoms. The number of anilines is 1. The average Bonchev–Trinajstić information content (AvgIpc) is 3.34. The molecule has 0 radical (unpaired) electrons. The van der Waals surface area contributed by atoms with Crippen molar-refractivity contribution in [1.29, 1.82) is 0 Å². The lowest BCUT2D eigenvalue weighted by Crippen LogP contribution is -2.25. The lowest BCUT2D eigenvalue weighted by atomic mass is 9.99. The van der Waals surface area contributed by atoms with Crippen LogP contribution >= 0.6 is 0 Å². The topological polar surface area (TPSA) is 121 Å². The van der Waals surface area contributed by atoms with Crippen molar-refractivity contribution in [2.45, 2.75) is 6.92 Å². The Morgan fingerprint density at radius 3 is 1.72 bits per heavy atom. The van der Waals surface area contributed by atoms with Crippen molar-refractivity contribution in [3.05, 3.63) is 53.6 Å². The lowest BCUT2D eigenvalue weighted by Gasteiger charge is -2.16. The van der Waals surface area contributed by atoms with Gasteiger partial charge in [0.25, 0.3) is 5.91 Å². The maximum atomic E-state index is 12.6. The largest absolute Gasteiger partial charge is 0.493 e. The Bertz CT molecular complexity index is 1420. The zero-order valence-corrected chi connectivity index (χ0v) is 22.8. The quantitative estimate of drug-likeness (QED) is 0.374. The first-order valence-electron chi connectivity index (χ1n) is 11.8. The number of amides is 1. The molecule has 0 fully saturated rings. The summed E-state index contributed by atoms with van der Waals surface area (Å²) in [4.78, 5) is 12.6. The summed E-state index contributed by atoms with van der Waals surface area (Å²) in [6, 6.07) is 12.9. The smallest absolute Gasteiger partial charge is 0.294 e. The second-order valence-corrected chi connectivity index (χ2v) is 8.33. The molecule has 0 saturated heterocycles. The minimum Gasteiger partial charge on any atom is -0.493 e. The molecule has 39 heavy (non-hydrogen) atoms. The molecule has 2 N–H and O–H groups in total. The first-order chi connectivity index (χ1) is 18.9. The molecular weight excluding hydrogens is 504 g/mol. The van der Waals surface area contributed by atoms with E-state index < -0.39 is 5.91 Å². The maximum absolute atomic E-state index is 12.6. The van der Waals surface area contributed by atoms with Gasteiger partial charge in [-0.15, -0.1) is 0 Å². The second kappa shape index (κ2) is 11.6. The van der Waals surface area contributed by atoms with E-state index in [1.807, 2.05) is 37.3 Å². The summed E-state index contributed by atoms with van der Waals surface area (Å²) < 4.78 is 32.7. The third kappa shape index (κ3) is 5.24. The van der Waals surface area contributed by atoms with Gasteiger partial charge in [0.05, 0.1) is 48.3 Å². The number of carbonyl (C=O) groups is 1. The van der Waals surface area contributed by atoms with Gasteiger partial charge < -0.3 is 28.4 Å². The maximum Gasteiger partial charge on any atom is 0.294 e. The van der Waals surface area contributed by atoms with Gasteiger partial charge in [-0.1, -0.05) is 6.07 Å². The van der Waals surface area contributed by atoms with Crippen molar-refractivity contribution in [1.82, 2.24) is 5.43 Å². The molecular formula is C28H30N4O7.